The summed E-state index contributed by atoms with van der Waals surface area (Å²) in [7, 11) is 0. The Bertz CT molecular complexity index is 1610. The van der Waals surface area contributed by atoms with Gasteiger partial charge in [0, 0.05) is 43.7 Å². The van der Waals surface area contributed by atoms with E-state index in [0.29, 0.717) is 74.8 Å². The third-order valence-electron chi connectivity index (χ3n) is 8.00. The molecule has 0 saturated heterocycles. The second kappa shape index (κ2) is 16.1. The van der Waals surface area contributed by atoms with Crippen molar-refractivity contribution in [2.24, 2.45) is 11.7 Å². The number of amides is 4. The van der Waals surface area contributed by atoms with Gasteiger partial charge in [-0.2, -0.15) is 0 Å². The topological polar surface area (TPSA) is 171 Å². The van der Waals surface area contributed by atoms with Gasteiger partial charge in [-0.05, 0) is 45.6 Å². The van der Waals surface area contributed by atoms with Gasteiger partial charge in [-0.25, -0.2) is 9.97 Å². The molecular formula is C34H47N7O6. The molecule has 13 heteroatoms. The molecule has 47 heavy (non-hydrogen) atoms. The van der Waals surface area contributed by atoms with Crippen molar-refractivity contribution in [1.29, 1.82) is 0 Å². The molecule has 1 aliphatic heterocycles. The number of unbranched alkanes of at least 4 members (excludes halogenated alkanes) is 2. The maximum atomic E-state index is 13.0. The van der Waals surface area contributed by atoms with E-state index in [9.17, 15) is 19.2 Å². The SMILES string of the molecule is CCOCc1nc2c(NC(=O)[C@@H](N)C(C)C)nc3ccccc3c2n1CC(C)(C)OCCNC(=O)CCCCCN1C(=O)C=CC1=O. The van der Waals surface area contributed by atoms with Crippen LogP contribution in [0.5, 0.6) is 0 Å². The number of nitrogens with zero attached hydrogens (tertiary/aromatic N) is 4. The first-order chi connectivity index (χ1) is 22.4. The highest BCUT2D eigenvalue weighted by Crippen LogP contribution is 2.32. The number of nitrogens with two attached hydrogens (primary N) is 1. The van der Waals surface area contributed by atoms with E-state index in [0.717, 1.165) is 17.3 Å². The smallest absolute Gasteiger partial charge is 0.253 e. The van der Waals surface area contributed by atoms with Crippen LogP contribution in [0.2, 0.25) is 0 Å². The lowest BCUT2D eigenvalue weighted by atomic mass is 10.1. The lowest BCUT2D eigenvalue weighted by Gasteiger charge is -2.27. The van der Waals surface area contributed by atoms with E-state index in [4.69, 9.17) is 25.2 Å². The highest BCUT2D eigenvalue weighted by Gasteiger charge is 2.27. The minimum absolute atomic E-state index is 0.0524. The number of fused-ring (bicyclic) bond motifs is 3. The van der Waals surface area contributed by atoms with E-state index in [-0.39, 0.29) is 36.2 Å². The molecule has 3 heterocycles. The number of para-hydroxylation sites is 1. The number of aromatic nitrogens is 3. The molecule has 1 aliphatic rings. The van der Waals surface area contributed by atoms with Crippen LogP contribution in [0.25, 0.3) is 21.9 Å². The average Bonchev–Trinajstić information content (AvgIpc) is 3.55. The van der Waals surface area contributed by atoms with Gasteiger partial charge in [0.1, 0.15) is 17.9 Å². The average molecular weight is 650 g/mol. The fourth-order valence-corrected chi connectivity index (χ4v) is 5.36. The summed E-state index contributed by atoms with van der Waals surface area (Å²) in [4.78, 5) is 59.5. The normalized spacial score (nSPS) is 14.1. The quantitative estimate of drug-likeness (QED) is 0.138. The lowest BCUT2D eigenvalue weighted by Crippen LogP contribution is -2.40. The van der Waals surface area contributed by atoms with E-state index in [1.54, 1.807) is 0 Å². The maximum absolute atomic E-state index is 13.0. The molecule has 0 aliphatic carbocycles. The molecule has 1 aromatic carbocycles. The second-order valence-electron chi connectivity index (χ2n) is 12.6. The van der Waals surface area contributed by atoms with Crippen LogP contribution in [0.1, 0.15) is 66.1 Å². The standard InChI is InChI=1S/C34H47N7O6/c1-6-46-20-25-38-30-31(23-12-9-10-13-24(23)37-32(30)39-33(45)29(35)22(2)3)41(25)21-34(4,5)47-19-17-36-26(42)14-8-7-11-18-40-27(43)15-16-28(40)44/h9-10,12-13,15-16,22,29H,6-8,11,14,17-21,35H2,1-5H3,(H,36,42)(H,37,39,45)/t29-/m0/s1. The third kappa shape index (κ3) is 9.21. The molecule has 1 atom stereocenters. The fraction of sp³-hybridized carbons (Fsp3) is 0.529. The van der Waals surface area contributed by atoms with E-state index >= 15 is 0 Å². The number of benzene rings is 1. The van der Waals surface area contributed by atoms with Gasteiger partial charge in [-0.15, -0.1) is 0 Å². The predicted octanol–water partition coefficient (Wildman–Crippen LogP) is 3.44. The zero-order valence-corrected chi connectivity index (χ0v) is 28.0. The summed E-state index contributed by atoms with van der Waals surface area (Å²) in [6.07, 6.45) is 4.96. The molecule has 4 N–H and O–H groups in total. The van der Waals surface area contributed by atoms with Crippen LogP contribution in [0, 0.1) is 5.92 Å². The number of pyridine rings is 1. The van der Waals surface area contributed by atoms with E-state index in [1.165, 1.54) is 17.1 Å². The molecule has 254 valence electrons. The molecule has 0 saturated carbocycles. The van der Waals surface area contributed by atoms with Crippen LogP contribution in [-0.2, 0) is 41.8 Å². The van der Waals surface area contributed by atoms with Crippen LogP contribution in [0.4, 0.5) is 5.82 Å². The summed E-state index contributed by atoms with van der Waals surface area (Å²) >= 11 is 0. The molecule has 4 rings (SSSR count). The fourth-order valence-electron chi connectivity index (χ4n) is 5.36. The first-order valence-corrected chi connectivity index (χ1v) is 16.3. The number of carbonyl (C=O) groups excluding carboxylic acids is 4. The van der Waals surface area contributed by atoms with Crippen molar-refractivity contribution in [3.63, 3.8) is 0 Å². The lowest BCUT2D eigenvalue weighted by molar-refractivity contribution is -0.137. The monoisotopic (exact) mass is 649 g/mol. The zero-order chi connectivity index (χ0) is 34.1. The highest BCUT2D eigenvalue weighted by molar-refractivity contribution is 6.13. The molecule has 2 aromatic heterocycles. The predicted molar refractivity (Wildman–Crippen MR) is 179 cm³/mol. The summed E-state index contributed by atoms with van der Waals surface area (Å²) in [6, 6.07) is 7.00. The van der Waals surface area contributed by atoms with Crippen molar-refractivity contribution in [2.45, 2.75) is 85.1 Å². The van der Waals surface area contributed by atoms with Crippen LogP contribution < -0.4 is 16.4 Å². The Morgan fingerprint density at radius 2 is 1.77 bits per heavy atom. The van der Waals surface area contributed by atoms with Gasteiger partial charge < -0.3 is 30.4 Å². The Labute approximate surface area is 275 Å². The molecule has 0 unspecified atom stereocenters. The molecule has 0 bridgehead atoms. The Balaban J connectivity index is 1.40. The van der Waals surface area contributed by atoms with Gasteiger partial charge in [-0.1, -0.05) is 38.5 Å². The highest BCUT2D eigenvalue weighted by atomic mass is 16.5. The molecule has 3 aromatic rings. The van der Waals surface area contributed by atoms with Gasteiger partial charge in [0.05, 0.1) is 35.8 Å². The summed E-state index contributed by atoms with van der Waals surface area (Å²) in [5.74, 6) is -0.0173. The Kier molecular flexibility index (Phi) is 12.2. The van der Waals surface area contributed by atoms with Gasteiger partial charge in [-0.3, -0.25) is 24.1 Å². The van der Waals surface area contributed by atoms with Gasteiger partial charge >= 0.3 is 0 Å². The Morgan fingerprint density at radius 1 is 1.04 bits per heavy atom. The first-order valence-electron chi connectivity index (χ1n) is 16.3. The van der Waals surface area contributed by atoms with Crippen molar-refractivity contribution in [2.75, 3.05) is 31.6 Å². The van der Waals surface area contributed by atoms with Crippen molar-refractivity contribution >= 4 is 51.4 Å². The number of hydrogen-bond donors (Lipinski definition) is 3. The summed E-state index contributed by atoms with van der Waals surface area (Å²) in [6.45, 7) is 11.8. The number of hydrogen-bond acceptors (Lipinski definition) is 9. The van der Waals surface area contributed by atoms with Crippen LogP contribution in [0.3, 0.4) is 0 Å². The van der Waals surface area contributed by atoms with Crippen LogP contribution >= 0.6 is 0 Å². The third-order valence-corrected chi connectivity index (χ3v) is 8.00. The molecule has 0 fully saturated rings. The number of anilines is 1. The van der Waals surface area contributed by atoms with E-state index in [1.807, 2.05) is 58.9 Å². The maximum Gasteiger partial charge on any atom is 0.253 e. The Morgan fingerprint density at radius 3 is 2.47 bits per heavy atom. The van der Waals surface area contributed by atoms with Crippen LogP contribution in [0.15, 0.2) is 36.4 Å². The largest absolute Gasteiger partial charge is 0.374 e. The van der Waals surface area contributed by atoms with Gasteiger partial charge in [0.25, 0.3) is 11.8 Å². The second-order valence-corrected chi connectivity index (χ2v) is 12.6. The minimum Gasteiger partial charge on any atom is -0.374 e. The van der Waals surface area contributed by atoms with Crippen molar-refractivity contribution in [1.82, 2.24) is 24.8 Å². The molecule has 13 nitrogen and oxygen atoms in total. The molecule has 0 spiro atoms. The van der Waals surface area contributed by atoms with E-state index < -0.39 is 11.6 Å². The van der Waals surface area contributed by atoms with Crippen molar-refractivity contribution in [3.05, 3.63) is 42.2 Å². The molecule has 4 amide bonds. The Hall–Kier alpha value is -4.20. The minimum atomic E-state index is -0.701. The summed E-state index contributed by atoms with van der Waals surface area (Å²) in [5.41, 5.74) is 7.53. The number of ether oxygens (including phenoxy) is 2. The first kappa shape index (κ1) is 35.7. The number of imidazole rings is 1. The number of carbonyl (C=O) groups is 4. The van der Waals surface area contributed by atoms with Gasteiger partial charge in [0.2, 0.25) is 11.8 Å². The molecule has 0 radical (unpaired) electrons. The van der Waals surface area contributed by atoms with E-state index in [2.05, 4.69) is 15.2 Å². The summed E-state index contributed by atoms with van der Waals surface area (Å²) in [5, 5.41) is 6.70. The van der Waals surface area contributed by atoms with Gasteiger partial charge in [0.15, 0.2) is 5.82 Å². The van der Waals surface area contributed by atoms with Crippen molar-refractivity contribution < 1.29 is 28.7 Å². The zero-order valence-electron chi connectivity index (χ0n) is 28.0. The summed E-state index contributed by atoms with van der Waals surface area (Å²) < 4.78 is 14.1. The molecular weight excluding hydrogens is 602 g/mol. The van der Waals surface area contributed by atoms with Crippen molar-refractivity contribution in [3.8, 4) is 0 Å². The van der Waals surface area contributed by atoms with Crippen LogP contribution in [-0.4, -0.2) is 81.0 Å². The number of imide groups is 1. The number of rotatable bonds is 18. The number of nitrogens with one attached hydrogen (secondary N) is 2.